The van der Waals surface area contributed by atoms with E-state index in [1.165, 1.54) is 6.92 Å². The predicted molar refractivity (Wildman–Crippen MR) is 87.2 cm³/mol. The van der Waals surface area contributed by atoms with Gasteiger partial charge in [0.15, 0.2) is 6.10 Å². The summed E-state index contributed by atoms with van der Waals surface area (Å²) in [6, 6.07) is 7.25. The minimum atomic E-state index is -0.799. The fourth-order valence-electron chi connectivity index (χ4n) is 2.82. The minimum Gasteiger partial charge on any atom is -0.452 e. The first-order chi connectivity index (χ1) is 11.5. The van der Waals surface area contributed by atoms with Gasteiger partial charge in [-0.1, -0.05) is 19.1 Å². The number of anilines is 1. The molecule has 2 aliphatic rings. The number of hydrogen-bond donors (Lipinski definition) is 2. The van der Waals surface area contributed by atoms with Gasteiger partial charge in [-0.15, -0.1) is 0 Å². The first-order valence-corrected chi connectivity index (χ1v) is 7.95. The smallest absolute Gasteiger partial charge is 0.303 e. The van der Waals surface area contributed by atoms with Crippen LogP contribution in [0.2, 0.25) is 0 Å². The second-order valence-corrected chi connectivity index (χ2v) is 5.99. The number of hydrazone groups is 1. The van der Waals surface area contributed by atoms with Crippen LogP contribution in [-0.2, 0) is 19.1 Å². The van der Waals surface area contributed by atoms with Crippen LogP contribution in [0.3, 0.4) is 0 Å². The fraction of sp³-hybridized carbons (Fsp3) is 0.412. The quantitative estimate of drug-likeness (QED) is 0.799. The van der Waals surface area contributed by atoms with Gasteiger partial charge >= 0.3 is 5.97 Å². The molecule has 0 spiro atoms. The highest BCUT2D eigenvalue weighted by Crippen LogP contribution is 2.43. The van der Waals surface area contributed by atoms with Crippen LogP contribution in [0.1, 0.15) is 32.3 Å². The minimum absolute atomic E-state index is 0.0105. The van der Waals surface area contributed by atoms with Crippen molar-refractivity contribution >= 4 is 29.2 Å². The number of rotatable bonds is 5. The van der Waals surface area contributed by atoms with Gasteiger partial charge in [-0.05, 0) is 30.5 Å². The van der Waals surface area contributed by atoms with Gasteiger partial charge < -0.3 is 10.1 Å². The largest absolute Gasteiger partial charge is 0.452 e. The molecule has 126 valence electrons. The maximum atomic E-state index is 12.1. The van der Waals surface area contributed by atoms with Gasteiger partial charge in [0.25, 0.3) is 5.91 Å². The van der Waals surface area contributed by atoms with Crippen molar-refractivity contribution in [3.05, 3.63) is 29.8 Å². The molecule has 2 amide bonds. The van der Waals surface area contributed by atoms with Crippen molar-refractivity contribution in [3.8, 4) is 0 Å². The molecule has 3 rings (SSSR count). The molecule has 0 radical (unpaired) electrons. The molecule has 1 fully saturated rings. The van der Waals surface area contributed by atoms with Crippen LogP contribution in [0, 0.1) is 11.8 Å². The monoisotopic (exact) mass is 329 g/mol. The third-order valence-corrected chi connectivity index (χ3v) is 4.18. The molecule has 0 bridgehead atoms. The van der Waals surface area contributed by atoms with Crippen molar-refractivity contribution < 1.29 is 19.1 Å². The number of amides is 2. The highest BCUT2D eigenvalue weighted by molar-refractivity contribution is 6.09. The molecule has 1 aromatic carbocycles. The highest BCUT2D eigenvalue weighted by Gasteiger charge is 2.49. The number of esters is 1. The zero-order valence-corrected chi connectivity index (χ0v) is 13.5. The SMILES string of the molecule is CCC(OC(C)=O)C(=O)Nc1ccc(C2=NNC(=O)C3CC23)cc1. The second-order valence-electron chi connectivity index (χ2n) is 5.99. The van der Waals surface area contributed by atoms with Gasteiger partial charge in [-0.2, -0.15) is 5.10 Å². The van der Waals surface area contributed by atoms with Crippen LogP contribution < -0.4 is 10.7 Å². The highest BCUT2D eigenvalue weighted by atomic mass is 16.5. The van der Waals surface area contributed by atoms with Gasteiger partial charge in [0.1, 0.15) is 0 Å². The standard InChI is InChI=1S/C17H19N3O4/c1-3-14(24-9(2)21)17(23)18-11-6-4-10(5-7-11)15-12-8-13(12)16(22)20-19-15/h4-7,12-14H,3,8H2,1-2H3,(H,18,23)(H,20,22). The molecule has 3 unspecified atom stereocenters. The Balaban J connectivity index is 1.66. The van der Waals surface area contributed by atoms with Crippen LogP contribution in [0.4, 0.5) is 5.69 Å². The summed E-state index contributed by atoms with van der Waals surface area (Å²) < 4.78 is 4.97. The van der Waals surface area contributed by atoms with E-state index in [2.05, 4.69) is 15.8 Å². The van der Waals surface area contributed by atoms with Gasteiger partial charge in [-0.3, -0.25) is 14.4 Å². The molecule has 2 N–H and O–H groups in total. The maximum absolute atomic E-state index is 12.1. The van der Waals surface area contributed by atoms with Crippen molar-refractivity contribution in [2.45, 2.75) is 32.8 Å². The average Bonchev–Trinajstić information content (AvgIpc) is 3.35. The molecular formula is C17H19N3O4. The van der Waals surface area contributed by atoms with Gasteiger partial charge in [0, 0.05) is 24.4 Å². The first kappa shape index (κ1) is 16.2. The summed E-state index contributed by atoms with van der Waals surface area (Å²) in [7, 11) is 0. The molecule has 1 aliphatic carbocycles. The van der Waals surface area contributed by atoms with E-state index in [0.29, 0.717) is 12.1 Å². The molecule has 0 aromatic heterocycles. The Bertz CT molecular complexity index is 711. The molecule has 1 heterocycles. The van der Waals surface area contributed by atoms with E-state index in [4.69, 9.17) is 4.74 Å². The fourth-order valence-corrected chi connectivity index (χ4v) is 2.82. The second kappa shape index (κ2) is 6.43. The molecule has 7 nitrogen and oxygen atoms in total. The number of hydrogen-bond acceptors (Lipinski definition) is 5. The number of nitrogens with zero attached hydrogens (tertiary/aromatic N) is 1. The van der Waals surface area contributed by atoms with Crippen LogP contribution in [-0.4, -0.2) is 29.6 Å². The number of carbonyl (C=O) groups excluding carboxylic acids is 3. The first-order valence-electron chi connectivity index (χ1n) is 7.95. The number of nitrogens with one attached hydrogen (secondary N) is 2. The summed E-state index contributed by atoms with van der Waals surface area (Å²) in [4.78, 5) is 34.6. The lowest BCUT2D eigenvalue weighted by Crippen LogP contribution is -2.31. The lowest BCUT2D eigenvalue weighted by atomic mass is 10.0. The summed E-state index contributed by atoms with van der Waals surface area (Å²) in [5.74, 6) is -0.601. The molecule has 0 saturated heterocycles. The van der Waals surface area contributed by atoms with Crippen molar-refractivity contribution in [2.75, 3.05) is 5.32 Å². The zero-order chi connectivity index (χ0) is 17.3. The summed E-state index contributed by atoms with van der Waals surface area (Å²) in [5, 5.41) is 6.87. The topological polar surface area (TPSA) is 96.9 Å². The Hall–Kier alpha value is -2.70. The van der Waals surface area contributed by atoms with E-state index >= 15 is 0 Å². The average molecular weight is 329 g/mol. The Morgan fingerprint density at radius 1 is 1.33 bits per heavy atom. The van der Waals surface area contributed by atoms with E-state index in [1.54, 1.807) is 19.1 Å². The van der Waals surface area contributed by atoms with Crippen molar-refractivity contribution in [2.24, 2.45) is 16.9 Å². The van der Waals surface area contributed by atoms with E-state index in [0.717, 1.165) is 17.7 Å². The van der Waals surface area contributed by atoms with E-state index in [9.17, 15) is 14.4 Å². The van der Waals surface area contributed by atoms with Crippen molar-refractivity contribution in [1.82, 2.24) is 5.43 Å². The Kier molecular flexibility index (Phi) is 4.33. The zero-order valence-electron chi connectivity index (χ0n) is 13.5. The van der Waals surface area contributed by atoms with Crippen LogP contribution in [0.25, 0.3) is 0 Å². The van der Waals surface area contributed by atoms with Crippen molar-refractivity contribution in [3.63, 3.8) is 0 Å². The summed E-state index contributed by atoms with van der Waals surface area (Å²) in [5.41, 5.74) is 4.96. The number of benzene rings is 1. The summed E-state index contributed by atoms with van der Waals surface area (Å²) >= 11 is 0. The van der Waals surface area contributed by atoms with E-state index in [-0.39, 0.29) is 23.7 Å². The van der Waals surface area contributed by atoms with Gasteiger partial charge in [0.05, 0.1) is 5.71 Å². The predicted octanol–water partition coefficient (Wildman–Crippen LogP) is 1.44. The normalized spacial score (nSPS) is 22.6. The maximum Gasteiger partial charge on any atom is 0.303 e. The molecule has 24 heavy (non-hydrogen) atoms. The molecular weight excluding hydrogens is 310 g/mol. The van der Waals surface area contributed by atoms with Crippen LogP contribution in [0.15, 0.2) is 29.4 Å². The third kappa shape index (κ3) is 3.29. The number of fused-ring (bicyclic) bond motifs is 1. The van der Waals surface area contributed by atoms with Crippen molar-refractivity contribution in [1.29, 1.82) is 0 Å². The molecule has 1 saturated carbocycles. The lowest BCUT2D eigenvalue weighted by Gasteiger charge is -2.15. The van der Waals surface area contributed by atoms with Gasteiger partial charge in [0.2, 0.25) is 5.91 Å². The Labute approximate surface area is 139 Å². The Morgan fingerprint density at radius 2 is 2.04 bits per heavy atom. The van der Waals surface area contributed by atoms with E-state index < -0.39 is 12.1 Å². The molecule has 1 aromatic rings. The molecule has 3 atom stereocenters. The lowest BCUT2D eigenvalue weighted by molar-refractivity contribution is -0.152. The summed E-state index contributed by atoms with van der Waals surface area (Å²) in [6.45, 7) is 3.05. The Morgan fingerprint density at radius 3 is 2.67 bits per heavy atom. The summed E-state index contributed by atoms with van der Waals surface area (Å²) in [6.07, 6.45) is 0.444. The number of carbonyl (C=O) groups is 3. The van der Waals surface area contributed by atoms with Gasteiger partial charge in [-0.25, -0.2) is 5.43 Å². The van der Waals surface area contributed by atoms with Crippen LogP contribution in [0.5, 0.6) is 0 Å². The number of ether oxygens (including phenoxy) is 1. The van der Waals surface area contributed by atoms with Crippen LogP contribution >= 0.6 is 0 Å². The third-order valence-electron chi connectivity index (χ3n) is 4.18. The van der Waals surface area contributed by atoms with E-state index in [1.807, 2.05) is 12.1 Å². The molecule has 1 aliphatic heterocycles. The molecule has 7 heteroatoms.